The lowest BCUT2D eigenvalue weighted by atomic mass is 10.3. The second-order valence-electron chi connectivity index (χ2n) is 3.80. The van der Waals surface area contributed by atoms with Crippen LogP contribution in [-0.2, 0) is 6.54 Å². The molecule has 0 aliphatic heterocycles. The number of rotatable bonds is 3. The molecule has 0 atom stereocenters. The first kappa shape index (κ1) is 12.2. The molecule has 1 N–H and O–H groups in total. The third-order valence-corrected chi connectivity index (χ3v) is 4.45. The summed E-state index contributed by atoms with van der Waals surface area (Å²) >= 11 is 8.61. The third-order valence-electron chi connectivity index (χ3n) is 2.53. The molecule has 3 nitrogen and oxygen atoms in total. The molecule has 0 bridgehead atoms. The Labute approximate surface area is 125 Å². The Balaban J connectivity index is 1.76. The molecule has 0 unspecified atom stereocenters. The van der Waals surface area contributed by atoms with Gasteiger partial charge < -0.3 is 5.32 Å². The summed E-state index contributed by atoms with van der Waals surface area (Å²) < 4.78 is 4.14. The lowest BCUT2D eigenvalue weighted by Crippen LogP contribution is -2.00. The highest BCUT2D eigenvalue weighted by Gasteiger charge is 2.04. The summed E-state index contributed by atoms with van der Waals surface area (Å²) in [4.78, 5) is 5.56. The average molecular weight is 387 g/mol. The molecular weight excluding hydrogens is 378 g/mol. The predicted octanol–water partition coefficient (Wildman–Crippen LogP) is 4.53. The predicted molar refractivity (Wildman–Crippen MR) is 82.2 cm³/mol. The van der Waals surface area contributed by atoms with E-state index in [9.17, 15) is 0 Å². The second-order valence-corrected chi connectivity index (χ2v) is 6.45. The first-order valence-electron chi connectivity index (χ1n) is 5.32. The summed E-state index contributed by atoms with van der Waals surface area (Å²) in [5.74, 6) is 0. The summed E-state index contributed by atoms with van der Waals surface area (Å²) in [6.07, 6.45) is 4.07. The van der Waals surface area contributed by atoms with E-state index in [-0.39, 0.29) is 0 Å². The minimum absolute atomic E-state index is 0.717. The second kappa shape index (κ2) is 5.03. The van der Waals surface area contributed by atoms with E-state index in [1.165, 1.54) is 0 Å². The molecule has 92 valence electrons. The van der Waals surface area contributed by atoms with E-state index in [0.717, 1.165) is 25.3 Å². The highest BCUT2D eigenvalue weighted by atomic mass is 79.9. The summed E-state index contributed by atoms with van der Waals surface area (Å²) in [6.45, 7) is 0.717. The summed E-state index contributed by atoms with van der Waals surface area (Å²) in [7, 11) is 0. The highest BCUT2D eigenvalue weighted by Crippen LogP contribution is 2.26. The van der Waals surface area contributed by atoms with Crippen LogP contribution in [0.25, 0.3) is 4.96 Å². The first-order chi connectivity index (χ1) is 8.72. The van der Waals surface area contributed by atoms with Gasteiger partial charge in [-0.15, -0.1) is 11.3 Å². The Morgan fingerprint density at radius 3 is 3.00 bits per heavy atom. The van der Waals surface area contributed by atoms with Gasteiger partial charge in [-0.05, 0) is 34.1 Å². The molecule has 0 saturated heterocycles. The number of hydrogen-bond acceptors (Lipinski definition) is 3. The van der Waals surface area contributed by atoms with Crippen molar-refractivity contribution in [2.45, 2.75) is 6.54 Å². The van der Waals surface area contributed by atoms with Crippen LogP contribution in [-0.4, -0.2) is 9.38 Å². The molecule has 0 aliphatic rings. The van der Waals surface area contributed by atoms with Crippen LogP contribution in [0.4, 0.5) is 5.69 Å². The number of nitrogens with zero attached hydrogens (tertiary/aromatic N) is 2. The minimum Gasteiger partial charge on any atom is -0.378 e. The number of fused-ring (bicyclic) bond motifs is 1. The van der Waals surface area contributed by atoms with E-state index in [0.29, 0.717) is 6.54 Å². The average Bonchev–Trinajstić information content (AvgIpc) is 2.88. The van der Waals surface area contributed by atoms with Crippen LogP contribution in [0.1, 0.15) is 5.69 Å². The van der Waals surface area contributed by atoms with Gasteiger partial charge in [0.25, 0.3) is 0 Å². The monoisotopic (exact) mass is 385 g/mol. The summed E-state index contributed by atoms with van der Waals surface area (Å²) in [5.41, 5.74) is 2.10. The Kier molecular flexibility index (Phi) is 3.41. The molecule has 0 fully saturated rings. The van der Waals surface area contributed by atoms with Crippen molar-refractivity contribution in [1.82, 2.24) is 9.38 Å². The van der Waals surface area contributed by atoms with E-state index in [4.69, 9.17) is 0 Å². The van der Waals surface area contributed by atoms with Crippen LogP contribution in [0.2, 0.25) is 0 Å². The van der Waals surface area contributed by atoms with Crippen molar-refractivity contribution in [3.05, 3.63) is 50.6 Å². The van der Waals surface area contributed by atoms with E-state index in [1.807, 2.05) is 40.4 Å². The normalized spacial score (nSPS) is 11.0. The number of aromatic nitrogens is 2. The van der Waals surface area contributed by atoms with Crippen LogP contribution in [0.5, 0.6) is 0 Å². The van der Waals surface area contributed by atoms with E-state index in [2.05, 4.69) is 42.2 Å². The van der Waals surface area contributed by atoms with Crippen LogP contribution in [0.3, 0.4) is 0 Å². The molecule has 1 aromatic carbocycles. The Hall–Kier alpha value is -0.850. The van der Waals surface area contributed by atoms with E-state index in [1.54, 1.807) is 11.3 Å². The van der Waals surface area contributed by atoms with Gasteiger partial charge in [-0.2, -0.15) is 0 Å². The SMILES string of the molecule is Brc1ccc(NCc2cn3ccsc3n2)c(Br)c1. The number of thiazole rings is 1. The molecule has 0 amide bonds. The maximum Gasteiger partial charge on any atom is 0.193 e. The fourth-order valence-corrected chi connectivity index (χ4v) is 3.59. The largest absolute Gasteiger partial charge is 0.378 e. The Morgan fingerprint density at radius 2 is 2.22 bits per heavy atom. The van der Waals surface area contributed by atoms with Gasteiger partial charge in [-0.1, -0.05) is 15.9 Å². The number of hydrogen-bond donors (Lipinski definition) is 1. The van der Waals surface area contributed by atoms with Crippen molar-refractivity contribution in [2.24, 2.45) is 0 Å². The number of nitrogens with one attached hydrogen (secondary N) is 1. The Bertz CT molecular complexity index is 661. The molecule has 0 saturated carbocycles. The van der Waals surface area contributed by atoms with E-state index >= 15 is 0 Å². The van der Waals surface area contributed by atoms with Crippen molar-refractivity contribution in [1.29, 1.82) is 0 Å². The van der Waals surface area contributed by atoms with E-state index < -0.39 is 0 Å². The van der Waals surface area contributed by atoms with Crippen LogP contribution >= 0.6 is 43.2 Å². The smallest absolute Gasteiger partial charge is 0.193 e. The Morgan fingerprint density at radius 1 is 1.33 bits per heavy atom. The van der Waals surface area contributed by atoms with Crippen LogP contribution in [0, 0.1) is 0 Å². The van der Waals surface area contributed by atoms with Gasteiger partial charge in [-0.25, -0.2) is 4.98 Å². The topological polar surface area (TPSA) is 29.3 Å². The number of halogens is 2. The molecule has 0 radical (unpaired) electrons. The van der Waals surface area contributed by atoms with Gasteiger partial charge in [0, 0.05) is 32.4 Å². The van der Waals surface area contributed by atoms with Crippen LogP contribution in [0.15, 0.2) is 44.9 Å². The van der Waals surface area contributed by atoms with Gasteiger partial charge >= 0.3 is 0 Å². The molecule has 6 heteroatoms. The van der Waals surface area contributed by atoms with Gasteiger partial charge in [-0.3, -0.25) is 4.40 Å². The molecule has 0 spiro atoms. The summed E-state index contributed by atoms with van der Waals surface area (Å²) in [6, 6.07) is 6.07. The van der Waals surface area contributed by atoms with Gasteiger partial charge in [0.05, 0.1) is 12.2 Å². The molecule has 3 aromatic rings. The van der Waals surface area contributed by atoms with Crippen LogP contribution < -0.4 is 5.32 Å². The first-order valence-corrected chi connectivity index (χ1v) is 7.79. The number of imidazole rings is 1. The molecule has 2 heterocycles. The zero-order chi connectivity index (χ0) is 12.5. The maximum atomic E-state index is 4.53. The van der Waals surface area contributed by atoms with Crippen molar-refractivity contribution in [2.75, 3.05) is 5.32 Å². The quantitative estimate of drug-likeness (QED) is 0.716. The molecule has 18 heavy (non-hydrogen) atoms. The molecule has 0 aliphatic carbocycles. The summed E-state index contributed by atoms with van der Waals surface area (Å²) in [5, 5.41) is 5.40. The lowest BCUT2D eigenvalue weighted by molar-refractivity contribution is 1.08. The van der Waals surface area contributed by atoms with Gasteiger partial charge in [0.2, 0.25) is 0 Å². The van der Waals surface area contributed by atoms with Crippen molar-refractivity contribution < 1.29 is 0 Å². The number of anilines is 1. The number of benzene rings is 1. The minimum atomic E-state index is 0.717. The zero-order valence-corrected chi connectivity index (χ0v) is 13.2. The maximum absolute atomic E-state index is 4.53. The van der Waals surface area contributed by atoms with Gasteiger partial charge in [0.1, 0.15) is 0 Å². The fraction of sp³-hybridized carbons (Fsp3) is 0.0833. The fourth-order valence-electron chi connectivity index (χ4n) is 1.68. The van der Waals surface area contributed by atoms with Crippen molar-refractivity contribution in [3.63, 3.8) is 0 Å². The third kappa shape index (κ3) is 2.46. The molecule has 2 aromatic heterocycles. The zero-order valence-electron chi connectivity index (χ0n) is 9.23. The molecule has 3 rings (SSSR count). The standard InChI is InChI=1S/C12H9Br2N3S/c13-8-1-2-11(10(14)5-8)15-6-9-7-17-3-4-18-12(17)16-9/h1-5,7,15H,6H2. The van der Waals surface area contributed by atoms with Crippen molar-refractivity contribution in [3.8, 4) is 0 Å². The van der Waals surface area contributed by atoms with Crippen molar-refractivity contribution >= 4 is 53.8 Å². The van der Waals surface area contributed by atoms with Gasteiger partial charge in [0.15, 0.2) is 4.96 Å². The lowest BCUT2D eigenvalue weighted by Gasteiger charge is -2.07. The molecular formula is C12H9Br2N3S. The highest BCUT2D eigenvalue weighted by molar-refractivity contribution is 9.11.